The number of hydrogen-bond acceptors (Lipinski definition) is 4. The van der Waals surface area contributed by atoms with E-state index in [4.69, 9.17) is 0 Å². The maximum absolute atomic E-state index is 10.8. The number of aliphatic imine (C=N–C) groups is 1. The molecule has 2 aromatic rings. The lowest BCUT2D eigenvalue weighted by Gasteiger charge is -1.96. The van der Waals surface area contributed by atoms with Crippen molar-refractivity contribution in [1.29, 1.82) is 0 Å². The summed E-state index contributed by atoms with van der Waals surface area (Å²) in [4.78, 5) is 14.5. The van der Waals surface area contributed by atoms with E-state index in [2.05, 4.69) is 4.99 Å². The summed E-state index contributed by atoms with van der Waals surface area (Å²) in [6.07, 6.45) is 4.67. The number of phenolic OH excluding ortho intramolecular Hbond substituents is 1. The van der Waals surface area contributed by atoms with Crippen molar-refractivity contribution in [2.75, 3.05) is 0 Å². The molecule has 0 radical (unpaired) electrons. The van der Waals surface area contributed by atoms with Crippen LogP contribution >= 0.6 is 0 Å². The number of para-hydroxylation sites is 3. The summed E-state index contributed by atoms with van der Waals surface area (Å²) in [5, 5.41) is 20.3. The molecule has 0 aliphatic rings. The fraction of sp³-hybridized carbons (Fsp3) is 0. The Balaban J connectivity index is 2.15. The molecule has 100 valence electrons. The van der Waals surface area contributed by atoms with Crippen LogP contribution in [0.2, 0.25) is 0 Å². The van der Waals surface area contributed by atoms with Crippen molar-refractivity contribution in [3.63, 3.8) is 0 Å². The highest BCUT2D eigenvalue weighted by molar-refractivity contribution is 5.82. The molecule has 0 fully saturated rings. The maximum atomic E-state index is 10.8. The van der Waals surface area contributed by atoms with E-state index in [9.17, 15) is 15.2 Å². The summed E-state index contributed by atoms with van der Waals surface area (Å²) in [6, 6.07) is 13.1. The number of allylic oxidation sites excluding steroid dienone is 1. The molecule has 2 aromatic carbocycles. The normalized spacial score (nSPS) is 11.2. The quantitative estimate of drug-likeness (QED) is 0.521. The van der Waals surface area contributed by atoms with Gasteiger partial charge in [0.2, 0.25) is 0 Å². The number of hydrogen-bond donors (Lipinski definition) is 1. The number of nitro groups is 1. The van der Waals surface area contributed by atoms with E-state index in [0.717, 1.165) is 0 Å². The van der Waals surface area contributed by atoms with Crippen molar-refractivity contribution < 1.29 is 10.0 Å². The molecular weight excluding hydrogens is 256 g/mol. The van der Waals surface area contributed by atoms with Crippen molar-refractivity contribution in [3.8, 4) is 5.75 Å². The second-order valence-electron chi connectivity index (χ2n) is 3.94. The Kier molecular flexibility index (Phi) is 4.24. The molecule has 5 heteroatoms. The topological polar surface area (TPSA) is 75.7 Å². The molecule has 20 heavy (non-hydrogen) atoms. The van der Waals surface area contributed by atoms with Crippen LogP contribution in [-0.4, -0.2) is 16.2 Å². The third-order valence-electron chi connectivity index (χ3n) is 2.59. The fourth-order valence-corrected chi connectivity index (χ4v) is 1.64. The third-order valence-corrected chi connectivity index (χ3v) is 2.59. The molecule has 0 saturated heterocycles. The molecule has 0 aromatic heterocycles. The highest BCUT2D eigenvalue weighted by atomic mass is 16.6. The van der Waals surface area contributed by atoms with Gasteiger partial charge >= 0.3 is 0 Å². The monoisotopic (exact) mass is 268 g/mol. The summed E-state index contributed by atoms with van der Waals surface area (Å²) in [5.74, 6) is 0.0860. The van der Waals surface area contributed by atoms with Gasteiger partial charge in [-0.05, 0) is 30.4 Å². The number of rotatable bonds is 4. The Morgan fingerprint density at radius 3 is 2.55 bits per heavy atom. The van der Waals surface area contributed by atoms with Gasteiger partial charge in [0.25, 0.3) is 5.69 Å². The molecular formula is C15H12N2O3. The van der Waals surface area contributed by atoms with E-state index in [1.54, 1.807) is 54.6 Å². The first-order valence-corrected chi connectivity index (χ1v) is 5.90. The van der Waals surface area contributed by atoms with Crippen molar-refractivity contribution in [3.05, 3.63) is 70.3 Å². The highest BCUT2D eigenvalue weighted by Crippen LogP contribution is 2.24. The molecule has 0 saturated carbocycles. The Hall–Kier alpha value is -2.95. The minimum Gasteiger partial charge on any atom is -0.506 e. The lowest BCUT2D eigenvalue weighted by Crippen LogP contribution is -1.90. The summed E-state index contributed by atoms with van der Waals surface area (Å²) in [5.41, 5.74) is 0.987. The van der Waals surface area contributed by atoms with E-state index in [1.807, 2.05) is 0 Å². The molecule has 0 heterocycles. The lowest BCUT2D eigenvalue weighted by atomic mass is 10.1. The first kappa shape index (κ1) is 13.5. The minimum atomic E-state index is -0.431. The van der Waals surface area contributed by atoms with Gasteiger partial charge in [0, 0.05) is 12.3 Å². The molecule has 0 aliphatic carbocycles. The van der Waals surface area contributed by atoms with Crippen LogP contribution in [0.25, 0.3) is 6.08 Å². The molecule has 2 rings (SSSR count). The third kappa shape index (κ3) is 3.29. The van der Waals surface area contributed by atoms with Crippen LogP contribution in [0.5, 0.6) is 5.75 Å². The molecule has 0 amide bonds. The van der Waals surface area contributed by atoms with Gasteiger partial charge in [-0.15, -0.1) is 0 Å². The Morgan fingerprint density at radius 2 is 1.80 bits per heavy atom. The predicted molar refractivity (Wildman–Crippen MR) is 78.4 cm³/mol. The van der Waals surface area contributed by atoms with E-state index in [0.29, 0.717) is 11.3 Å². The van der Waals surface area contributed by atoms with Crippen molar-refractivity contribution >= 4 is 23.7 Å². The minimum absolute atomic E-state index is 0.0414. The standard InChI is InChI=1S/C15H12N2O3/c18-15-10-4-2-8-13(15)16-11-5-7-12-6-1-3-9-14(12)17(19)20/h1-11,18H/b7-5+,16-11?. The smallest absolute Gasteiger partial charge is 0.276 e. The van der Waals surface area contributed by atoms with Crippen LogP contribution in [0.3, 0.4) is 0 Å². The Labute approximate surface area is 115 Å². The molecule has 0 atom stereocenters. The van der Waals surface area contributed by atoms with E-state index in [1.165, 1.54) is 12.3 Å². The zero-order valence-corrected chi connectivity index (χ0v) is 10.5. The zero-order valence-electron chi connectivity index (χ0n) is 10.5. The lowest BCUT2D eigenvalue weighted by molar-refractivity contribution is -0.385. The van der Waals surface area contributed by atoms with Crippen molar-refractivity contribution in [1.82, 2.24) is 0 Å². The fourth-order valence-electron chi connectivity index (χ4n) is 1.64. The van der Waals surface area contributed by atoms with Gasteiger partial charge < -0.3 is 5.11 Å². The van der Waals surface area contributed by atoms with Gasteiger partial charge in [-0.2, -0.15) is 0 Å². The van der Waals surface area contributed by atoms with Crippen LogP contribution in [0.15, 0.2) is 59.6 Å². The molecule has 0 bridgehead atoms. The van der Waals surface area contributed by atoms with Gasteiger partial charge in [0.15, 0.2) is 0 Å². The van der Waals surface area contributed by atoms with E-state index in [-0.39, 0.29) is 11.4 Å². The van der Waals surface area contributed by atoms with Crippen LogP contribution in [0.4, 0.5) is 11.4 Å². The van der Waals surface area contributed by atoms with Gasteiger partial charge in [-0.1, -0.05) is 24.3 Å². The maximum Gasteiger partial charge on any atom is 0.276 e. The first-order chi connectivity index (χ1) is 9.68. The second kappa shape index (κ2) is 6.29. The van der Waals surface area contributed by atoms with Gasteiger partial charge in [0.1, 0.15) is 11.4 Å². The van der Waals surface area contributed by atoms with Crippen LogP contribution in [0, 0.1) is 10.1 Å². The molecule has 1 N–H and O–H groups in total. The van der Waals surface area contributed by atoms with Crippen molar-refractivity contribution in [2.45, 2.75) is 0 Å². The van der Waals surface area contributed by atoms with Gasteiger partial charge in [0.05, 0.1) is 10.5 Å². The van der Waals surface area contributed by atoms with Gasteiger partial charge in [-0.25, -0.2) is 0 Å². The summed E-state index contributed by atoms with van der Waals surface area (Å²) >= 11 is 0. The SMILES string of the molecule is O=[N+]([O-])c1ccccc1/C=C/C=Nc1ccccc1O. The molecule has 0 unspecified atom stereocenters. The zero-order chi connectivity index (χ0) is 14.4. The molecule has 0 spiro atoms. The predicted octanol–water partition coefficient (Wildman–Crippen LogP) is 3.72. The number of nitrogens with zero attached hydrogens (tertiary/aromatic N) is 2. The highest BCUT2D eigenvalue weighted by Gasteiger charge is 2.08. The van der Waals surface area contributed by atoms with Crippen LogP contribution in [-0.2, 0) is 0 Å². The molecule has 5 nitrogen and oxygen atoms in total. The van der Waals surface area contributed by atoms with Crippen LogP contribution in [0.1, 0.15) is 5.56 Å². The summed E-state index contributed by atoms with van der Waals surface area (Å²) in [6.45, 7) is 0. The average Bonchev–Trinajstić information content (AvgIpc) is 2.45. The number of benzene rings is 2. The van der Waals surface area contributed by atoms with E-state index < -0.39 is 4.92 Å². The molecule has 0 aliphatic heterocycles. The van der Waals surface area contributed by atoms with E-state index >= 15 is 0 Å². The summed E-state index contributed by atoms with van der Waals surface area (Å²) in [7, 11) is 0. The Bertz CT molecular complexity index is 678. The van der Waals surface area contributed by atoms with Crippen LogP contribution < -0.4 is 0 Å². The van der Waals surface area contributed by atoms with Gasteiger partial charge in [-0.3, -0.25) is 15.1 Å². The number of nitro benzene ring substituents is 1. The number of aromatic hydroxyl groups is 1. The first-order valence-electron chi connectivity index (χ1n) is 5.90. The van der Waals surface area contributed by atoms with Crippen molar-refractivity contribution in [2.24, 2.45) is 4.99 Å². The second-order valence-corrected chi connectivity index (χ2v) is 3.94. The Morgan fingerprint density at radius 1 is 1.10 bits per heavy atom. The largest absolute Gasteiger partial charge is 0.506 e. The number of phenols is 1. The summed E-state index contributed by atoms with van der Waals surface area (Å²) < 4.78 is 0. The average molecular weight is 268 g/mol.